The van der Waals surface area contributed by atoms with Gasteiger partial charge in [0.15, 0.2) is 0 Å². The molecule has 0 atom stereocenters. The smallest absolute Gasteiger partial charge is 0.230 e. The van der Waals surface area contributed by atoms with Crippen molar-refractivity contribution in [3.05, 3.63) is 48.2 Å². The number of para-hydroxylation sites is 1. The van der Waals surface area contributed by atoms with Crippen LogP contribution in [0, 0.1) is 5.41 Å². The summed E-state index contributed by atoms with van der Waals surface area (Å²) in [4.78, 5) is 23.8. The monoisotopic (exact) mass is 477 g/mol. The van der Waals surface area contributed by atoms with Gasteiger partial charge in [-0.05, 0) is 49.9 Å². The van der Waals surface area contributed by atoms with Crippen molar-refractivity contribution in [2.75, 3.05) is 30.0 Å². The summed E-state index contributed by atoms with van der Waals surface area (Å²) < 4.78 is 5.27. The van der Waals surface area contributed by atoms with Crippen LogP contribution in [0.25, 0.3) is 10.9 Å². The van der Waals surface area contributed by atoms with Crippen LogP contribution in [0.3, 0.4) is 0 Å². The summed E-state index contributed by atoms with van der Waals surface area (Å²) in [5.41, 5.74) is 2.14. The zero-order valence-corrected chi connectivity index (χ0v) is 20.5. The standard InChI is InChI=1S/C26H31N5O2S/c1-26(25(32)30-20-5-3-4-17-6-9-22(33-2)31-23(17)20)12-10-18(11-13-26)28-16-19-7-8-21-24(29-19)27-14-15-34-21/h3-9,18,28H,10-16H2,1-2H3,(H,27,29)(H,30,32)/t18-,26-. The molecule has 7 nitrogen and oxygen atoms in total. The van der Waals surface area contributed by atoms with E-state index in [9.17, 15) is 4.79 Å². The van der Waals surface area contributed by atoms with E-state index in [1.807, 2.05) is 42.1 Å². The summed E-state index contributed by atoms with van der Waals surface area (Å²) in [6.45, 7) is 3.79. The maximum absolute atomic E-state index is 13.3. The molecule has 1 fully saturated rings. The first kappa shape index (κ1) is 22.9. The molecule has 1 aliphatic carbocycles. The van der Waals surface area contributed by atoms with E-state index in [0.717, 1.165) is 72.6 Å². The van der Waals surface area contributed by atoms with Gasteiger partial charge in [-0.1, -0.05) is 19.1 Å². The first-order valence-electron chi connectivity index (χ1n) is 11.9. The third kappa shape index (κ3) is 4.83. The minimum absolute atomic E-state index is 0.0583. The zero-order valence-electron chi connectivity index (χ0n) is 19.7. The minimum atomic E-state index is -0.398. The number of ether oxygens (including phenoxy) is 1. The fourth-order valence-corrected chi connectivity index (χ4v) is 5.55. The highest BCUT2D eigenvalue weighted by Crippen LogP contribution is 2.38. The molecule has 34 heavy (non-hydrogen) atoms. The van der Waals surface area contributed by atoms with Gasteiger partial charge in [-0.3, -0.25) is 4.79 Å². The molecule has 2 aliphatic rings. The summed E-state index contributed by atoms with van der Waals surface area (Å²) in [5.74, 6) is 2.69. The quantitative estimate of drug-likeness (QED) is 0.468. The van der Waals surface area contributed by atoms with Gasteiger partial charge in [0.2, 0.25) is 11.8 Å². The summed E-state index contributed by atoms with van der Waals surface area (Å²) in [6, 6.07) is 14.3. The molecule has 0 saturated heterocycles. The number of methoxy groups -OCH3 is 1. The number of amides is 1. The van der Waals surface area contributed by atoms with Crippen LogP contribution in [0.15, 0.2) is 47.4 Å². The first-order chi connectivity index (χ1) is 16.5. The third-order valence-electron chi connectivity index (χ3n) is 6.93. The number of benzene rings is 1. The fraction of sp³-hybridized carbons (Fsp3) is 0.423. The number of hydrogen-bond acceptors (Lipinski definition) is 7. The highest BCUT2D eigenvalue weighted by atomic mass is 32.2. The second-order valence-electron chi connectivity index (χ2n) is 9.33. The molecule has 1 aliphatic heterocycles. The molecule has 0 bridgehead atoms. The van der Waals surface area contributed by atoms with Crippen molar-refractivity contribution < 1.29 is 9.53 Å². The van der Waals surface area contributed by atoms with Gasteiger partial charge in [0.1, 0.15) is 5.82 Å². The Kier molecular flexibility index (Phi) is 6.61. The average molecular weight is 478 g/mol. The van der Waals surface area contributed by atoms with Gasteiger partial charge in [-0.2, -0.15) is 0 Å². The van der Waals surface area contributed by atoms with Gasteiger partial charge >= 0.3 is 0 Å². The van der Waals surface area contributed by atoms with Crippen LogP contribution in [-0.2, 0) is 11.3 Å². The molecule has 8 heteroatoms. The first-order valence-corrected chi connectivity index (χ1v) is 12.9. The van der Waals surface area contributed by atoms with Gasteiger partial charge in [0, 0.05) is 46.6 Å². The van der Waals surface area contributed by atoms with E-state index in [4.69, 9.17) is 9.72 Å². The fourth-order valence-electron chi connectivity index (χ4n) is 4.71. The molecule has 1 amide bonds. The summed E-state index contributed by atoms with van der Waals surface area (Å²) in [6.07, 6.45) is 3.61. The second-order valence-corrected chi connectivity index (χ2v) is 10.5. The molecule has 1 aromatic carbocycles. The SMILES string of the molecule is COc1ccc2cccc(NC(=O)[C@]3(C)CC[C@@H](NCc4ccc5c(n4)NCCS5)CC3)c2n1. The summed E-state index contributed by atoms with van der Waals surface area (Å²) >= 11 is 1.86. The molecule has 0 unspecified atom stereocenters. The predicted octanol–water partition coefficient (Wildman–Crippen LogP) is 4.83. The summed E-state index contributed by atoms with van der Waals surface area (Å²) in [5, 5.41) is 11.2. The number of anilines is 2. The van der Waals surface area contributed by atoms with Crippen molar-refractivity contribution in [3.63, 3.8) is 0 Å². The number of fused-ring (bicyclic) bond motifs is 2. The second kappa shape index (κ2) is 9.80. The lowest BCUT2D eigenvalue weighted by Crippen LogP contribution is -2.42. The number of hydrogen-bond donors (Lipinski definition) is 3. The minimum Gasteiger partial charge on any atom is -0.481 e. The Balaban J connectivity index is 1.18. The average Bonchev–Trinajstić information content (AvgIpc) is 2.88. The topological polar surface area (TPSA) is 88.2 Å². The maximum Gasteiger partial charge on any atom is 0.230 e. The van der Waals surface area contributed by atoms with E-state index in [0.29, 0.717) is 11.9 Å². The lowest BCUT2D eigenvalue weighted by atomic mass is 9.73. The van der Waals surface area contributed by atoms with E-state index in [-0.39, 0.29) is 5.91 Å². The molecular formula is C26H31N5O2S. The van der Waals surface area contributed by atoms with Gasteiger partial charge in [-0.15, -0.1) is 11.8 Å². The normalized spacial score (nSPS) is 22.0. The van der Waals surface area contributed by atoms with Gasteiger partial charge in [0.25, 0.3) is 0 Å². The van der Waals surface area contributed by atoms with Crippen LogP contribution in [0.4, 0.5) is 11.5 Å². The van der Waals surface area contributed by atoms with Crippen molar-refractivity contribution in [3.8, 4) is 5.88 Å². The van der Waals surface area contributed by atoms with Crippen LogP contribution in [0.2, 0.25) is 0 Å². The molecule has 1 saturated carbocycles. The number of carbonyl (C=O) groups excluding carboxylic acids is 1. The number of rotatable bonds is 6. The Morgan fingerprint density at radius 1 is 1.18 bits per heavy atom. The van der Waals surface area contributed by atoms with E-state index >= 15 is 0 Å². The number of carbonyl (C=O) groups is 1. The molecule has 3 aromatic rings. The Morgan fingerprint density at radius 3 is 2.85 bits per heavy atom. The highest BCUT2D eigenvalue weighted by molar-refractivity contribution is 7.99. The largest absolute Gasteiger partial charge is 0.481 e. The van der Waals surface area contributed by atoms with E-state index in [1.165, 1.54) is 4.90 Å². The number of aromatic nitrogens is 2. The molecule has 3 heterocycles. The molecule has 178 valence electrons. The molecule has 3 N–H and O–H groups in total. The van der Waals surface area contributed by atoms with Gasteiger partial charge < -0.3 is 20.7 Å². The van der Waals surface area contributed by atoms with Crippen LogP contribution in [-0.4, -0.2) is 41.3 Å². The molecule has 5 rings (SSSR count). The molecule has 0 radical (unpaired) electrons. The highest BCUT2D eigenvalue weighted by Gasteiger charge is 2.37. The number of thioether (sulfide) groups is 1. The lowest BCUT2D eigenvalue weighted by Gasteiger charge is -2.36. The zero-order chi connectivity index (χ0) is 23.5. The van der Waals surface area contributed by atoms with Crippen LogP contribution in [0.1, 0.15) is 38.3 Å². The number of pyridine rings is 2. The molecule has 0 spiro atoms. The Labute approximate surface area is 204 Å². The maximum atomic E-state index is 13.3. The van der Waals surface area contributed by atoms with Crippen molar-refractivity contribution in [2.45, 2.75) is 50.1 Å². The van der Waals surface area contributed by atoms with Gasteiger partial charge in [0.05, 0.1) is 24.0 Å². The van der Waals surface area contributed by atoms with Crippen molar-refractivity contribution >= 4 is 40.1 Å². The predicted molar refractivity (Wildman–Crippen MR) is 138 cm³/mol. The van der Waals surface area contributed by atoms with Crippen molar-refractivity contribution in [2.24, 2.45) is 5.41 Å². The van der Waals surface area contributed by atoms with Crippen LogP contribution in [0.5, 0.6) is 5.88 Å². The van der Waals surface area contributed by atoms with Crippen LogP contribution < -0.4 is 20.7 Å². The molecular weight excluding hydrogens is 446 g/mol. The van der Waals surface area contributed by atoms with Crippen LogP contribution >= 0.6 is 11.8 Å². The van der Waals surface area contributed by atoms with Gasteiger partial charge in [-0.25, -0.2) is 9.97 Å². The summed E-state index contributed by atoms with van der Waals surface area (Å²) in [7, 11) is 1.60. The Morgan fingerprint density at radius 2 is 2.03 bits per heavy atom. The van der Waals surface area contributed by atoms with E-state index in [2.05, 4.69) is 40.0 Å². The van der Waals surface area contributed by atoms with E-state index in [1.54, 1.807) is 7.11 Å². The number of nitrogens with one attached hydrogen (secondary N) is 3. The van der Waals surface area contributed by atoms with E-state index < -0.39 is 5.41 Å². The van der Waals surface area contributed by atoms with Crippen molar-refractivity contribution in [1.29, 1.82) is 0 Å². The van der Waals surface area contributed by atoms with Crippen molar-refractivity contribution in [1.82, 2.24) is 15.3 Å². The lowest BCUT2D eigenvalue weighted by molar-refractivity contribution is -0.126. The third-order valence-corrected chi connectivity index (χ3v) is 7.98. The number of nitrogens with zero attached hydrogens (tertiary/aromatic N) is 2. The Hall–Kier alpha value is -2.84. The molecule has 2 aromatic heterocycles. The Bertz CT molecular complexity index is 1190.